The van der Waals surface area contributed by atoms with Crippen LogP contribution in [0.15, 0.2) is 0 Å². The van der Waals surface area contributed by atoms with Gasteiger partial charge in [-0.25, -0.2) is 0 Å². The van der Waals surface area contributed by atoms with Crippen molar-refractivity contribution in [1.82, 2.24) is 10.2 Å². The molecule has 112 valence electrons. The molecule has 0 aliphatic heterocycles. The second kappa shape index (κ2) is 7.85. The molecule has 4 nitrogen and oxygen atoms in total. The first-order valence-electron chi connectivity index (χ1n) is 7.77. The third-order valence-corrected chi connectivity index (χ3v) is 4.39. The van der Waals surface area contributed by atoms with Crippen LogP contribution in [0.3, 0.4) is 0 Å². The first-order chi connectivity index (χ1) is 8.99. The Morgan fingerprint density at radius 3 is 2.53 bits per heavy atom. The summed E-state index contributed by atoms with van der Waals surface area (Å²) in [5.74, 6) is 0.552. The summed E-state index contributed by atoms with van der Waals surface area (Å²) in [6.45, 7) is 11.5. The summed E-state index contributed by atoms with van der Waals surface area (Å²) in [7, 11) is 0. The zero-order chi connectivity index (χ0) is 14.4. The average molecular weight is 269 g/mol. The van der Waals surface area contributed by atoms with Gasteiger partial charge in [0.1, 0.15) is 0 Å². The predicted molar refractivity (Wildman–Crippen MR) is 79.9 cm³/mol. The molecule has 4 atom stereocenters. The lowest BCUT2D eigenvalue weighted by molar-refractivity contribution is -0.128. The molecule has 19 heavy (non-hydrogen) atoms. The highest BCUT2D eigenvalue weighted by Crippen LogP contribution is 2.29. The summed E-state index contributed by atoms with van der Waals surface area (Å²) in [6.07, 6.45) is 3.25. The summed E-state index contributed by atoms with van der Waals surface area (Å²) in [4.78, 5) is 14.7. The molecule has 0 aromatic carbocycles. The molecular weight excluding hydrogens is 238 g/mol. The third-order valence-electron chi connectivity index (χ3n) is 4.39. The van der Waals surface area contributed by atoms with Crippen molar-refractivity contribution < 1.29 is 4.79 Å². The number of hydrogen-bond donors (Lipinski definition) is 2. The minimum Gasteiger partial charge on any atom is -0.352 e. The molecule has 1 aliphatic rings. The smallest absolute Gasteiger partial charge is 0.225 e. The Morgan fingerprint density at radius 2 is 2.00 bits per heavy atom. The molecule has 1 aliphatic carbocycles. The summed E-state index contributed by atoms with van der Waals surface area (Å²) in [5.41, 5.74) is 6.13. The van der Waals surface area contributed by atoms with Gasteiger partial charge in [-0.3, -0.25) is 4.79 Å². The second-order valence-electron chi connectivity index (χ2n) is 5.99. The molecule has 1 saturated carbocycles. The molecule has 1 amide bonds. The molecule has 1 fully saturated rings. The maximum absolute atomic E-state index is 12.4. The molecular formula is C15H31N3O. The van der Waals surface area contributed by atoms with Crippen LogP contribution in [0.1, 0.15) is 47.0 Å². The maximum Gasteiger partial charge on any atom is 0.225 e. The van der Waals surface area contributed by atoms with Crippen molar-refractivity contribution in [3.63, 3.8) is 0 Å². The number of nitrogens with one attached hydrogen (secondary N) is 1. The van der Waals surface area contributed by atoms with Gasteiger partial charge in [0, 0.05) is 18.6 Å². The summed E-state index contributed by atoms with van der Waals surface area (Å²) < 4.78 is 0. The monoisotopic (exact) mass is 269 g/mol. The van der Waals surface area contributed by atoms with Gasteiger partial charge >= 0.3 is 0 Å². The Balaban J connectivity index is 2.48. The van der Waals surface area contributed by atoms with E-state index in [1.807, 2.05) is 0 Å². The van der Waals surface area contributed by atoms with Crippen LogP contribution in [0, 0.1) is 11.8 Å². The topological polar surface area (TPSA) is 58.4 Å². The predicted octanol–water partition coefficient (Wildman–Crippen LogP) is 1.60. The van der Waals surface area contributed by atoms with Gasteiger partial charge in [0.2, 0.25) is 5.91 Å². The van der Waals surface area contributed by atoms with E-state index in [9.17, 15) is 4.79 Å². The minimum atomic E-state index is -0.00657. The molecule has 4 heteroatoms. The zero-order valence-electron chi connectivity index (χ0n) is 13.0. The van der Waals surface area contributed by atoms with Gasteiger partial charge < -0.3 is 16.0 Å². The van der Waals surface area contributed by atoms with Crippen LogP contribution in [0.4, 0.5) is 0 Å². The van der Waals surface area contributed by atoms with Crippen LogP contribution in [0.2, 0.25) is 0 Å². The van der Waals surface area contributed by atoms with Gasteiger partial charge in [0.15, 0.2) is 0 Å². The van der Waals surface area contributed by atoms with Gasteiger partial charge in [-0.05, 0) is 38.8 Å². The van der Waals surface area contributed by atoms with E-state index in [1.165, 1.54) is 0 Å². The molecule has 0 spiro atoms. The van der Waals surface area contributed by atoms with E-state index in [0.717, 1.165) is 38.9 Å². The van der Waals surface area contributed by atoms with Crippen LogP contribution in [0.25, 0.3) is 0 Å². The Kier molecular flexibility index (Phi) is 6.80. The van der Waals surface area contributed by atoms with Crippen LogP contribution in [0.5, 0.6) is 0 Å². The molecule has 0 heterocycles. The second-order valence-corrected chi connectivity index (χ2v) is 5.99. The van der Waals surface area contributed by atoms with Crippen LogP contribution >= 0.6 is 0 Å². The van der Waals surface area contributed by atoms with Gasteiger partial charge in [-0.15, -0.1) is 0 Å². The van der Waals surface area contributed by atoms with Crippen molar-refractivity contribution in [1.29, 1.82) is 0 Å². The normalized spacial score (nSPS) is 29.3. The van der Waals surface area contributed by atoms with Gasteiger partial charge in [0.25, 0.3) is 0 Å². The molecule has 0 aromatic heterocycles. The highest BCUT2D eigenvalue weighted by atomic mass is 16.2. The van der Waals surface area contributed by atoms with E-state index in [0.29, 0.717) is 5.92 Å². The van der Waals surface area contributed by atoms with Gasteiger partial charge in [-0.1, -0.05) is 27.2 Å². The average Bonchev–Trinajstić information content (AvgIpc) is 2.35. The quantitative estimate of drug-likeness (QED) is 0.770. The fourth-order valence-corrected chi connectivity index (χ4v) is 3.16. The molecule has 4 unspecified atom stereocenters. The lowest BCUT2D eigenvalue weighted by Crippen LogP contribution is -2.51. The lowest BCUT2D eigenvalue weighted by atomic mass is 9.76. The first-order valence-corrected chi connectivity index (χ1v) is 7.77. The van der Waals surface area contributed by atoms with Crippen molar-refractivity contribution in [3.05, 3.63) is 0 Å². The number of amides is 1. The number of carbonyl (C=O) groups excluding carboxylic acids is 1. The number of carbonyl (C=O) groups is 1. The molecule has 3 N–H and O–H groups in total. The number of likely N-dealkylation sites (N-methyl/N-ethyl adjacent to an activating group) is 1. The summed E-state index contributed by atoms with van der Waals surface area (Å²) >= 11 is 0. The highest BCUT2D eigenvalue weighted by Gasteiger charge is 2.34. The highest BCUT2D eigenvalue weighted by molar-refractivity contribution is 5.80. The Morgan fingerprint density at radius 1 is 1.37 bits per heavy atom. The van der Waals surface area contributed by atoms with E-state index in [-0.39, 0.29) is 23.9 Å². The number of rotatable bonds is 6. The van der Waals surface area contributed by atoms with E-state index < -0.39 is 0 Å². The van der Waals surface area contributed by atoms with Gasteiger partial charge in [0.05, 0.1) is 5.92 Å². The van der Waals surface area contributed by atoms with Crippen molar-refractivity contribution in [2.24, 2.45) is 17.6 Å². The summed E-state index contributed by atoms with van der Waals surface area (Å²) in [6, 6.07) is 0.220. The van der Waals surface area contributed by atoms with E-state index >= 15 is 0 Å². The molecule has 0 saturated heterocycles. The van der Waals surface area contributed by atoms with Crippen molar-refractivity contribution in [3.8, 4) is 0 Å². The number of nitrogens with two attached hydrogens (primary N) is 1. The Bertz CT molecular complexity index is 269. The molecule has 1 rings (SSSR count). The zero-order valence-corrected chi connectivity index (χ0v) is 13.0. The van der Waals surface area contributed by atoms with Gasteiger partial charge in [-0.2, -0.15) is 0 Å². The van der Waals surface area contributed by atoms with Crippen LogP contribution < -0.4 is 11.1 Å². The van der Waals surface area contributed by atoms with Crippen molar-refractivity contribution >= 4 is 5.91 Å². The van der Waals surface area contributed by atoms with Crippen molar-refractivity contribution in [2.75, 3.05) is 19.6 Å². The molecule has 0 aromatic rings. The maximum atomic E-state index is 12.4. The standard InChI is InChI=1S/C15H31N3O/c1-5-18(6-2)10-12(4)17-15(19)14-11(3)8-7-9-13(14)16/h11-14H,5-10,16H2,1-4H3,(H,17,19). The third kappa shape index (κ3) is 4.77. The summed E-state index contributed by atoms with van der Waals surface area (Å²) in [5, 5.41) is 3.15. The van der Waals surface area contributed by atoms with E-state index in [2.05, 4.69) is 37.9 Å². The number of hydrogen-bond acceptors (Lipinski definition) is 3. The largest absolute Gasteiger partial charge is 0.352 e. The fraction of sp³-hybridized carbons (Fsp3) is 0.933. The fourth-order valence-electron chi connectivity index (χ4n) is 3.16. The molecule has 0 bridgehead atoms. The first kappa shape index (κ1) is 16.4. The molecule has 0 radical (unpaired) electrons. The minimum absolute atomic E-state index is 0.00657. The van der Waals surface area contributed by atoms with Crippen LogP contribution in [-0.4, -0.2) is 42.5 Å². The van der Waals surface area contributed by atoms with Crippen LogP contribution in [-0.2, 0) is 4.79 Å². The Labute approximate surface area is 118 Å². The SMILES string of the molecule is CCN(CC)CC(C)NC(=O)C1C(C)CCCC1N. The Hall–Kier alpha value is -0.610. The van der Waals surface area contributed by atoms with Crippen molar-refractivity contribution in [2.45, 2.75) is 59.0 Å². The lowest BCUT2D eigenvalue weighted by Gasteiger charge is -2.34. The van der Waals surface area contributed by atoms with E-state index in [4.69, 9.17) is 5.73 Å². The number of nitrogens with zero attached hydrogens (tertiary/aromatic N) is 1. The van der Waals surface area contributed by atoms with E-state index in [1.54, 1.807) is 0 Å².